The Balaban J connectivity index is 1.59. The highest BCUT2D eigenvalue weighted by atomic mass is 32.2. The van der Waals surface area contributed by atoms with Crippen molar-refractivity contribution in [2.45, 2.75) is 88.2 Å². The number of ether oxygens (including phenoxy) is 4. The zero-order valence-electron chi connectivity index (χ0n) is 20.6. The van der Waals surface area contributed by atoms with E-state index < -0.39 is 0 Å². The van der Waals surface area contributed by atoms with Crippen molar-refractivity contribution < 1.29 is 18.9 Å². The standard InChI is InChI=1S/C28H38O4S/c1-5-7-9-21-13-25(31-17-23-15-29-23)19(3)11-27(21)33-28-12-20(4)26(32-18-24-16-30-24)14-22(28)10-8-6-2/h11-14,23-24H,5-10,15-18H2,1-4H3. The molecule has 0 aromatic heterocycles. The molecule has 2 aliphatic rings. The fraction of sp³-hybridized carbons (Fsp3) is 0.571. The summed E-state index contributed by atoms with van der Waals surface area (Å²) in [5.41, 5.74) is 5.14. The Hall–Kier alpha value is -1.69. The Labute approximate surface area is 203 Å². The molecular weight excluding hydrogens is 432 g/mol. The second-order valence-corrected chi connectivity index (χ2v) is 10.4. The first kappa shape index (κ1) is 24.4. The Morgan fingerprint density at radius 1 is 0.758 bits per heavy atom. The smallest absolute Gasteiger partial charge is 0.122 e. The molecule has 2 aromatic rings. The first-order chi connectivity index (χ1) is 16.1. The number of benzene rings is 2. The van der Waals surface area contributed by atoms with Crippen molar-refractivity contribution in [1.29, 1.82) is 0 Å². The second-order valence-electron chi connectivity index (χ2n) is 9.29. The van der Waals surface area contributed by atoms with Gasteiger partial charge in [0.05, 0.1) is 13.2 Å². The summed E-state index contributed by atoms with van der Waals surface area (Å²) in [6, 6.07) is 9.15. The van der Waals surface area contributed by atoms with Crippen LogP contribution >= 0.6 is 11.8 Å². The van der Waals surface area contributed by atoms with Crippen molar-refractivity contribution in [3.63, 3.8) is 0 Å². The van der Waals surface area contributed by atoms with Gasteiger partial charge in [-0.2, -0.15) is 0 Å². The number of rotatable bonds is 14. The van der Waals surface area contributed by atoms with Gasteiger partial charge in [0, 0.05) is 9.79 Å². The van der Waals surface area contributed by atoms with Crippen LogP contribution < -0.4 is 9.47 Å². The molecule has 2 heterocycles. The maximum absolute atomic E-state index is 6.09. The number of hydrogen-bond donors (Lipinski definition) is 0. The van der Waals surface area contributed by atoms with Gasteiger partial charge in [0.1, 0.15) is 36.9 Å². The minimum absolute atomic E-state index is 0.272. The molecule has 2 unspecified atom stereocenters. The van der Waals surface area contributed by atoms with Gasteiger partial charge in [0.15, 0.2) is 0 Å². The van der Waals surface area contributed by atoms with Crippen molar-refractivity contribution in [2.75, 3.05) is 26.4 Å². The summed E-state index contributed by atoms with van der Waals surface area (Å²) in [6.07, 6.45) is 7.41. The van der Waals surface area contributed by atoms with Gasteiger partial charge in [-0.15, -0.1) is 0 Å². The summed E-state index contributed by atoms with van der Waals surface area (Å²) in [4.78, 5) is 2.68. The molecule has 5 heteroatoms. The van der Waals surface area contributed by atoms with Crippen LogP contribution in [0.1, 0.15) is 61.8 Å². The van der Waals surface area contributed by atoms with E-state index in [2.05, 4.69) is 52.0 Å². The molecule has 33 heavy (non-hydrogen) atoms. The second kappa shape index (κ2) is 11.6. The summed E-state index contributed by atoms with van der Waals surface area (Å²) < 4.78 is 22.8. The molecule has 4 nitrogen and oxygen atoms in total. The number of hydrogen-bond acceptors (Lipinski definition) is 5. The summed E-state index contributed by atoms with van der Waals surface area (Å²) in [7, 11) is 0. The molecule has 2 aliphatic heterocycles. The van der Waals surface area contributed by atoms with Crippen LogP contribution in [0.5, 0.6) is 11.5 Å². The quantitative estimate of drug-likeness (QED) is 0.288. The minimum atomic E-state index is 0.272. The molecule has 0 N–H and O–H groups in total. The molecule has 0 aliphatic carbocycles. The summed E-state index contributed by atoms with van der Waals surface area (Å²) in [6.45, 7) is 11.7. The monoisotopic (exact) mass is 470 g/mol. The van der Waals surface area contributed by atoms with Gasteiger partial charge in [-0.25, -0.2) is 0 Å². The number of epoxide rings is 2. The van der Waals surface area contributed by atoms with Crippen molar-refractivity contribution >= 4 is 11.8 Å². The highest BCUT2D eigenvalue weighted by Gasteiger charge is 2.25. The molecule has 0 spiro atoms. The molecule has 0 amide bonds. The van der Waals surface area contributed by atoms with Crippen LogP contribution in [-0.4, -0.2) is 38.6 Å². The Morgan fingerprint density at radius 3 is 1.55 bits per heavy atom. The molecule has 2 atom stereocenters. The van der Waals surface area contributed by atoms with E-state index in [0.717, 1.165) is 37.6 Å². The predicted molar refractivity (Wildman–Crippen MR) is 134 cm³/mol. The van der Waals surface area contributed by atoms with Crippen LogP contribution in [0.15, 0.2) is 34.1 Å². The van der Waals surface area contributed by atoms with E-state index in [1.54, 1.807) is 0 Å². The molecule has 0 bridgehead atoms. The van der Waals surface area contributed by atoms with Crippen molar-refractivity contribution in [3.05, 3.63) is 46.5 Å². The first-order valence-corrected chi connectivity index (χ1v) is 13.3. The number of unbranched alkanes of at least 4 members (excludes halogenated alkanes) is 2. The van der Waals surface area contributed by atoms with E-state index in [0.29, 0.717) is 13.2 Å². The lowest BCUT2D eigenvalue weighted by atomic mass is 10.1. The topological polar surface area (TPSA) is 43.5 Å². The minimum Gasteiger partial charge on any atom is -0.491 e. The van der Waals surface area contributed by atoms with Gasteiger partial charge in [-0.1, -0.05) is 38.5 Å². The molecule has 0 radical (unpaired) electrons. The van der Waals surface area contributed by atoms with E-state index in [9.17, 15) is 0 Å². The molecule has 2 aromatic carbocycles. The van der Waals surface area contributed by atoms with Crippen LogP contribution in [0.4, 0.5) is 0 Å². The van der Waals surface area contributed by atoms with Crippen LogP contribution in [0, 0.1) is 13.8 Å². The summed E-state index contributed by atoms with van der Waals surface area (Å²) in [5.74, 6) is 1.99. The van der Waals surface area contributed by atoms with E-state index in [4.69, 9.17) is 18.9 Å². The molecule has 180 valence electrons. The lowest BCUT2D eigenvalue weighted by Gasteiger charge is -2.18. The highest BCUT2D eigenvalue weighted by molar-refractivity contribution is 7.99. The van der Waals surface area contributed by atoms with Crippen LogP contribution in [0.2, 0.25) is 0 Å². The van der Waals surface area contributed by atoms with E-state index in [-0.39, 0.29) is 12.2 Å². The SMILES string of the molecule is CCCCc1cc(OCC2CO2)c(C)cc1Sc1cc(C)c(OCC2CO2)cc1CCCC. The van der Waals surface area contributed by atoms with Crippen molar-refractivity contribution in [3.8, 4) is 11.5 Å². The zero-order chi connectivity index (χ0) is 23.2. The average Bonchev–Trinajstić information content (AvgIpc) is 3.71. The zero-order valence-corrected chi connectivity index (χ0v) is 21.4. The summed E-state index contributed by atoms with van der Waals surface area (Å²) in [5, 5.41) is 0. The molecule has 4 rings (SSSR count). The van der Waals surface area contributed by atoms with Gasteiger partial charge in [-0.3, -0.25) is 0 Å². The van der Waals surface area contributed by atoms with Crippen LogP contribution in [0.25, 0.3) is 0 Å². The molecular formula is C28H38O4S. The number of aryl methyl sites for hydroxylation is 4. The van der Waals surface area contributed by atoms with Crippen LogP contribution in [0.3, 0.4) is 0 Å². The van der Waals surface area contributed by atoms with Crippen molar-refractivity contribution in [1.82, 2.24) is 0 Å². The van der Waals surface area contributed by atoms with E-state index in [1.807, 2.05) is 11.8 Å². The van der Waals surface area contributed by atoms with Crippen molar-refractivity contribution in [2.24, 2.45) is 0 Å². The highest BCUT2D eigenvalue weighted by Crippen LogP contribution is 2.40. The Morgan fingerprint density at radius 2 is 1.18 bits per heavy atom. The summed E-state index contributed by atoms with van der Waals surface area (Å²) >= 11 is 1.90. The fourth-order valence-electron chi connectivity index (χ4n) is 3.85. The average molecular weight is 471 g/mol. The maximum Gasteiger partial charge on any atom is 0.122 e. The van der Waals surface area contributed by atoms with Gasteiger partial charge in [-0.05, 0) is 86.1 Å². The lowest BCUT2D eigenvalue weighted by molar-refractivity contribution is 0.261. The van der Waals surface area contributed by atoms with Gasteiger partial charge in [0.2, 0.25) is 0 Å². The maximum atomic E-state index is 6.09. The fourth-order valence-corrected chi connectivity index (χ4v) is 5.14. The Kier molecular flexibility index (Phi) is 8.61. The molecule has 2 saturated heterocycles. The third kappa shape index (κ3) is 7.14. The largest absolute Gasteiger partial charge is 0.491 e. The lowest BCUT2D eigenvalue weighted by Crippen LogP contribution is -2.06. The van der Waals surface area contributed by atoms with Gasteiger partial charge < -0.3 is 18.9 Å². The third-order valence-electron chi connectivity index (χ3n) is 6.19. The van der Waals surface area contributed by atoms with Crippen LogP contribution in [-0.2, 0) is 22.3 Å². The predicted octanol–water partition coefficient (Wildman–Crippen LogP) is 6.70. The van der Waals surface area contributed by atoms with Gasteiger partial charge >= 0.3 is 0 Å². The molecule has 0 saturated carbocycles. The molecule has 2 fully saturated rings. The third-order valence-corrected chi connectivity index (χ3v) is 7.39. The van der Waals surface area contributed by atoms with E-state index >= 15 is 0 Å². The normalized spacial score (nSPS) is 18.9. The Bertz CT molecular complexity index is 858. The van der Waals surface area contributed by atoms with E-state index in [1.165, 1.54) is 57.7 Å². The van der Waals surface area contributed by atoms with Gasteiger partial charge in [0.25, 0.3) is 0 Å². The first-order valence-electron chi connectivity index (χ1n) is 12.5.